The molecule has 0 aliphatic rings. The van der Waals surface area contributed by atoms with Crippen molar-refractivity contribution in [2.75, 3.05) is 0 Å². The number of benzene rings is 3. The van der Waals surface area contributed by atoms with Gasteiger partial charge in [0.1, 0.15) is 0 Å². The van der Waals surface area contributed by atoms with Gasteiger partial charge in [-0.25, -0.2) is 0 Å². The Morgan fingerprint density at radius 1 is 0.652 bits per heavy atom. The van der Waals surface area contributed by atoms with Crippen LogP contribution in [0.3, 0.4) is 0 Å². The van der Waals surface area contributed by atoms with E-state index in [-0.39, 0.29) is 0 Å². The maximum absolute atomic E-state index is 10.8. The highest BCUT2D eigenvalue weighted by Crippen LogP contribution is 2.21. The van der Waals surface area contributed by atoms with Crippen LogP contribution in [0.25, 0.3) is 11.1 Å². The molecule has 0 saturated heterocycles. The smallest absolute Gasteiger partial charge is 0.150 e. The zero-order valence-corrected chi connectivity index (χ0v) is 13.9. The first-order valence-electron chi connectivity index (χ1n) is 7.76. The maximum Gasteiger partial charge on any atom is 0.150 e. The zero-order chi connectivity index (χ0) is 16.7. The van der Waals surface area contributed by atoms with Gasteiger partial charge in [-0.3, -0.25) is 4.79 Å². The van der Waals surface area contributed by atoms with E-state index >= 15 is 0 Å². The van der Waals surface area contributed by atoms with Crippen LogP contribution in [-0.2, 0) is 0 Å². The Bertz CT molecular complexity index is 753. The quantitative estimate of drug-likeness (QED) is 0.548. The van der Waals surface area contributed by atoms with E-state index in [1.54, 1.807) is 0 Å². The molecule has 1 heteroatoms. The monoisotopic (exact) mass is 302 g/mol. The molecule has 0 spiro atoms. The molecule has 1 nitrogen and oxygen atoms in total. The second kappa shape index (κ2) is 8.09. The molecule has 0 aliphatic heterocycles. The molecule has 23 heavy (non-hydrogen) atoms. The molecular weight excluding hydrogens is 280 g/mol. The van der Waals surface area contributed by atoms with Crippen LogP contribution in [0.2, 0.25) is 0 Å². The standard InChI is InChI=1S/C13H10O.C9H12/c14-10-12-8-4-5-9-13(12)11-6-2-1-3-7-11;1-7-5-4-6-8(2)9(7)3/h1-10H;4-6H,1-3H3. The van der Waals surface area contributed by atoms with Crippen molar-refractivity contribution >= 4 is 6.29 Å². The molecule has 3 rings (SSSR count). The average molecular weight is 302 g/mol. The summed E-state index contributed by atoms with van der Waals surface area (Å²) in [7, 11) is 0. The topological polar surface area (TPSA) is 17.1 Å². The Morgan fingerprint density at radius 2 is 1.22 bits per heavy atom. The molecule has 0 unspecified atom stereocenters. The molecule has 3 aromatic rings. The SMILES string of the molecule is Cc1cccc(C)c1C.O=Cc1ccccc1-c1ccccc1. The van der Waals surface area contributed by atoms with Crippen molar-refractivity contribution in [1.82, 2.24) is 0 Å². The van der Waals surface area contributed by atoms with Gasteiger partial charge in [0.15, 0.2) is 6.29 Å². The number of rotatable bonds is 2. The summed E-state index contributed by atoms with van der Waals surface area (Å²) in [6, 6.07) is 23.9. The van der Waals surface area contributed by atoms with Crippen LogP contribution in [0.1, 0.15) is 27.0 Å². The fourth-order valence-corrected chi connectivity index (χ4v) is 2.38. The first-order chi connectivity index (χ1) is 11.1. The van der Waals surface area contributed by atoms with Gasteiger partial charge in [0.2, 0.25) is 0 Å². The first-order valence-corrected chi connectivity index (χ1v) is 7.76. The minimum atomic E-state index is 0.735. The number of hydrogen-bond donors (Lipinski definition) is 0. The number of carbonyl (C=O) groups excluding carboxylic acids is 1. The van der Waals surface area contributed by atoms with E-state index in [1.165, 1.54) is 16.7 Å². The Morgan fingerprint density at radius 3 is 1.78 bits per heavy atom. The summed E-state index contributed by atoms with van der Waals surface area (Å²) in [4.78, 5) is 10.8. The van der Waals surface area contributed by atoms with Crippen molar-refractivity contribution in [3.63, 3.8) is 0 Å². The molecule has 0 amide bonds. The summed E-state index contributed by atoms with van der Waals surface area (Å²) in [5.41, 5.74) is 6.99. The zero-order valence-electron chi connectivity index (χ0n) is 13.9. The van der Waals surface area contributed by atoms with E-state index in [9.17, 15) is 4.79 Å². The third kappa shape index (κ3) is 4.40. The second-order valence-electron chi connectivity index (χ2n) is 5.59. The number of carbonyl (C=O) groups is 1. The maximum atomic E-state index is 10.8. The Balaban J connectivity index is 0.000000185. The largest absolute Gasteiger partial charge is 0.298 e. The van der Waals surface area contributed by atoms with Crippen molar-refractivity contribution in [3.8, 4) is 11.1 Å². The molecule has 0 atom stereocenters. The predicted molar refractivity (Wildman–Crippen MR) is 97.9 cm³/mol. The molecule has 116 valence electrons. The Hall–Kier alpha value is -2.67. The highest BCUT2D eigenvalue weighted by atomic mass is 16.1. The summed E-state index contributed by atoms with van der Waals surface area (Å²) in [6.07, 6.45) is 0.891. The van der Waals surface area contributed by atoms with Crippen LogP contribution in [0.15, 0.2) is 72.8 Å². The summed E-state index contributed by atoms with van der Waals surface area (Å²) in [5.74, 6) is 0. The number of aryl methyl sites for hydroxylation is 2. The van der Waals surface area contributed by atoms with Gasteiger partial charge in [-0.05, 0) is 48.6 Å². The normalized spacial score (nSPS) is 9.70. The van der Waals surface area contributed by atoms with Gasteiger partial charge in [0, 0.05) is 5.56 Å². The van der Waals surface area contributed by atoms with E-state index in [0.717, 1.165) is 23.0 Å². The molecule has 3 aromatic carbocycles. The van der Waals surface area contributed by atoms with E-state index in [0.29, 0.717) is 0 Å². The molecule has 0 radical (unpaired) electrons. The first kappa shape index (κ1) is 16.7. The van der Waals surface area contributed by atoms with Crippen LogP contribution >= 0.6 is 0 Å². The highest BCUT2D eigenvalue weighted by molar-refractivity contribution is 5.87. The predicted octanol–water partition coefficient (Wildman–Crippen LogP) is 5.78. The van der Waals surface area contributed by atoms with Crippen LogP contribution in [0.4, 0.5) is 0 Å². The van der Waals surface area contributed by atoms with Crippen molar-refractivity contribution in [3.05, 3.63) is 95.1 Å². The van der Waals surface area contributed by atoms with E-state index in [2.05, 4.69) is 39.0 Å². The lowest BCUT2D eigenvalue weighted by Gasteiger charge is -2.03. The Kier molecular flexibility index (Phi) is 5.87. The molecule has 0 aliphatic carbocycles. The molecule has 0 N–H and O–H groups in total. The third-order valence-electron chi connectivity index (χ3n) is 4.05. The Labute approximate surface area is 138 Å². The van der Waals surface area contributed by atoms with Crippen molar-refractivity contribution in [2.45, 2.75) is 20.8 Å². The van der Waals surface area contributed by atoms with Gasteiger partial charge in [0.05, 0.1) is 0 Å². The van der Waals surface area contributed by atoms with Gasteiger partial charge in [-0.1, -0.05) is 72.8 Å². The van der Waals surface area contributed by atoms with E-state index in [4.69, 9.17) is 0 Å². The van der Waals surface area contributed by atoms with Crippen molar-refractivity contribution in [2.24, 2.45) is 0 Å². The molecule has 0 saturated carbocycles. The molecule has 0 fully saturated rings. The van der Waals surface area contributed by atoms with Crippen LogP contribution in [0.5, 0.6) is 0 Å². The fourth-order valence-electron chi connectivity index (χ4n) is 2.38. The lowest BCUT2D eigenvalue weighted by molar-refractivity contribution is 0.112. The van der Waals surface area contributed by atoms with Gasteiger partial charge in [-0.2, -0.15) is 0 Å². The third-order valence-corrected chi connectivity index (χ3v) is 4.05. The van der Waals surface area contributed by atoms with Gasteiger partial charge < -0.3 is 0 Å². The van der Waals surface area contributed by atoms with Crippen LogP contribution in [0, 0.1) is 20.8 Å². The molecule has 0 heterocycles. The van der Waals surface area contributed by atoms with E-state index < -0.39 is 0 Å². The number of aldehydes is 1. The minimum absolute atomic E-state index is 0.735. The van der Waals surface area contributed by atoms with Gasteiger partial charge in [0.25, 0.3) is 0 Å². The van der Waals surface area contributed by atoms with Crippen molar-refractivity contribution < 1.29 is 4.79 Å². The second-order valence-corrected chi connectivity index (χ2v) is 5.59. The summed E-state index contributed by atoms with van der Waals surface area (Å²) in [6.45, 7) is 6.44. The number of hydrogen-bond acceptors (Lipinski definition) is 1. The average Bonchev–Trinajstić information content (AvgIpc) is 2.61. The lowest BCUT2D eigenvalue weighted by atomic mass is 10.0. The lowest BCUT2D eigenvalue weighted by Crippen LogP contribution is -1.85. The van der Waals surface area contributed by atoms with Crippen LogP contribution < -0.4 is 0 Å². The fraction of sp³-hybridized carbons (Fsp3) is 0.136. The van der Waals surface area contributed by atoms with Gasteiger partial charge in [-0.15, -0.1) is 0 Å². The highest BCUT2D eigenvalue weighted by Gasteiger charge is 2.01. The minimum Gasteiger partial charge on any atom is -0.298 e. The molecule has 0 aromatic heterocycles. The summed E-state index contributed by atoms with van der Waals surface area (Å²) >= 11 is 0. The van der Waals surface area contributed by atoms with Crippen molar-refractivity contribution in [1.29, 1.82) is 0 Å². The molecular formula is C22H22O. The van der Waals surface area contributed by atoms with Crippen LogP contribution in [-0.4, -0.2) is 6.29 Å². The molecule has 0 bridgehead atoms. The van der Waals surface area contributed by atoms with Gasteiger partial charge >= 0.3 is 0 Å². The summed E-state index contributed by atoms with van der Waals surface area (Å²) < 4.78 is 0. The summed E-state index contributed by atoms with van der Waals surface area (Å²) in [5, 5.41) is 0. The van der Waals surface area contributed by atoms with E-state index in [1.807, 2.05) is 54.6 Å².